The van der Waals surface area contributed by atoms with Crippen LogP contribution >= 0.6 is 11.6 Å². The van der Waals surface area contributed by atoms with Gasteiger partial charge in [0.2, 0.25) is 0 Å². The normalized spacial score (nSPS) is 13.1. The van der Waals surface area contributed by atoms with Gasteiger partial charge in [0.05, 0.1) is 4.92 Å². The standard InChI is InChI=1S/C15H11ClN2O3/c16-13-7-3-6-12(14(13)18(20)21)15(19)17-8-10-4-1-2-5-11(10)9-17/h1-7H,8-9H2. The summed E-state index contributed by atoms with van der Waals surface area (Å²) in [5.41, 5.74) is 1.83. The number of halogens is 1. The second-order valence-corrected chi connectivity index (χ2v) is 5.23. The monoisotopic (exact) mass is 302 g/mol. The number of hydrogen-bond acceptors (Lipinski definition) is 3. The summed E-state index contributed by atoms with van der Waals surface area (Å²) < 4.78 is 0. The van der Waals surface area contributed by atoms with Gasteiger partial charge in [-0.1, -0.05) is 41.9 Å². The molecule has 0 saturated carbocycles. The summed E-state index contributed by atoms with van der Waals surface area (Å²) in [4.78, 5) is 24.7. The molecule has 0 saturated heterocycles. The van der Waals surface area contributed by atoms with Gasteiger partial charge in [0, 0.05) is 13.1 Å². The molecular formula is C15H11ClN2O3. The van der Waals surface area contributed by atoms with Crippen molar-refractivity contribution in [3.63, 3.8) is 0 Å². The summed E-state index contributed by atoms with van der Waals surface area (Å²) in [6.07, 6.45) is 0. The van der Waals surface area contributed by atoms with E-state index in [1.165, 1.54) is 12.1 Å². The Morgan fingerprint density at radius 3 is 2.29 bits per heavy atom. The van der Waals surface area contributed by atoms with E-state index in [0.29, 0.717) is 13.1 Å². The quantitative estimate of drug-likeness (QED) is 0.631. The highest BCUT2D eigenvalue weighted by Gasteiger charge is 2.30. The third-order valence-corrected chi connectivity index (χ3v) is 3.83. The molecule has 0 aliphatic carbocycles. The van der Waals surface area contributed by atoms with Crippen molar-refractivity contribution in [2.75, 3.05) is 0 Å². The first kappa shape index (κ1) is 13.6. The topological polar surface area (TPSA) is 63.4 Å². The molecule has 0 fully saturated rings. The Balaban J connectivity index is 1.95. The zero-order valence-corrected chi connectivity index (χ0v) is 11.7. The highest BCUT2D eigenvalue weighted by atomic mass is 35.5. The minimum Gasteiger partial charge on any atom is -0.330 e. The predicted octanol–water partition coefficient (Wildman–Crippen LogP) is 3.40. The third-order valence-electron chi connectivity index (χ3n) is 3.53. The van der Waals surface area contributed by atoms with E-state index in [4.69, 9.17) is 11.6 Å². The average Bonchev–Trinajstić information content (AvgIpc) is 2.89. The van der Waals surface area contributed by atoms with E-state index < -0.39 is 4.92 Å². The lowest BCUT2D eigenvalue weighted by Gasteiger charge is -2.15. The zero-order chi connectivity index (χ0) is 15.0. The molecule has 2 aromatic rings. The summed E-state index contributed by atoms with van der Waals surface area (Å²) in [5.74, 6) is -0.375. The molecule has 0 N–H and O–H groups in total. The largest absolute Gasteiger partial charge is 0.330 e. The van der Waals surface area contributed by atoms with E-state index >= 15 is 0 Å². The maximum atomic E-state index is 12.6. The van der Waals surface area contributed by atoms with Crippen LogP contribution in [0.4, 0.5) is 5.69 Å². The van der Waals surface area contributed by atoms with Crippen LogP contribution < -0.4 is 0 Å². The molecule has 106 valence electrons. The lowest BCUT2D eigenvalue weighted by molar-refractivity contribution is -0.385. The van der Waals surface area contributed by atoms with E-state index in [9.17, 15) is 14.9 Å². The van der Waals surface area contributed by atoms with Gasteiger partial charge in [-0.3, -0.25) is 14.9 Å². The van der Waals surface area contributed by atoms with Gasteiger partial charge < -0.3 is 4.90 Å². The molecule has 0 aromatic heterocycles. The molecule has 1 heterocycles. The molecule has 2 aromatic carbocycles. The summed E-state index contributed by atoms with van der Waals surface area (Å²) in [7, 11) is 0. The molecule has 6 heteroatoms. The first-order valence-corrected chi connectivity index (χ1v) is 6.74. The molecule has 0 radical (unpaired) electrons. The Morgan fingerprint density at radius 1 is 1.10 bits per heavy atom. The second-order valence-electron chi connectivity index (χ2n) is 4.82. The maximum Gasteiger partial charge on any atom is 0.300 e. The summed E-state index contributed by atoms with van der Waals surface area (Å²) in [5, 5.41) is 11.1. The molecule has 5 nitrogen and oxygen atoms in total. The lowest BCUT2D eigenvalue weighted by Crippen LogP contribution is -2.26. The van der Waals surface area contributed by atoms with E-state index in [1.54, 1.807) is 11.0 Å². The fourth-order valence-electron chi connectivity index (χ4n) is 2.52. The first-order chi connectivity index (χ1) is 10.1. The summed E-state index contributed by atoms with van der Waals surface area (Å²) in [6.45, 7) is 0.914. The summed E-state index contributed by atoms with van der Waals surface area (Å²) in [6, 6.07) is 12.1. The van der Waals surface area contributed by atoms with E-state index in [-0.39, 0.29) is 22.2 Å². The molecule has 0 atom stereocenters. The first-order valence-electron chi connectivity index (χ1n) is 6.37. The Kier molecular flexibility index (Phi) is 3.35. The number of rotatable bonds is 2. The maximum absolute atomic E-state index is 12.6. The van der Waals surface area contributed by atoms with Crippen molar-refractivity contribution in [2.45, 2.75) is 13.1 Å². The van der Waals surface area contributed by atoms with Crippen molar-refractivity contribution in [2.24, 2.45) is 0 Å². The number of nitro benzene ring substituents is 1. The van der Waals surface area contributed by atoms with E-state index in [0.717, 1.165) is 11.1 Å². The minimum atomic E-state index is -0.612. The third kappa shape index (κ3) is 2.36. The number of amides is 1. The SMILES string of the molecule is O=C(c1cccc(Cl)c1[N+](=O)[O-])N1Cc2ccccc2C1. The van der Waals surface area contributed by atoms with Gasteiger partial charge in [0.25, 0.3) is 5.91 Å². The highest BCUT2D eigenvalue weighted by Crippen LogP contribution is 2.31. The van der Waals surface area contributed by atoms with Crippen LogP contribution in [0, 0.1) is 10.1 Å². The van der Waals surface area contributed by atoms with Crippen LogP contribution in [0.2, 0.25) is 5.02 Å². The molecular weight excluding hydrogens is 292 g/mol. The van der Waals surface area contributed by atoms with Crippen LogP contribution in [0.25, 0.3) is 0 Å². The van der Waals surface area contributed by atoms with Gasteiger partial charge >= 0.3 is 5.69 Å². The van der Waals surface area contributed by atoms with Crippen LogP contribution in [0.5, 0.6) is 0 Å². The molecule has 1 aliphatic heterocycles. The van der Waals surface area contributed by atoms with Crippen molar-refractivity contribution in [3.05, 3.63) is 74.3 Å². The zero-order valence-electron chi connectivity index (χ0n) is 11.0. The number of nitrogens with zero attached hydrogens (tertiary/aromatic N) is 2. The van der Waals surface area contributed by atoms with Crippen LogP contribution in [0.3, 0.4) is 0 Å². The molecule has 3 rings (SSSR count). The Bertz CT molecular complexity index is 720. The number of benzene rings is 2. The van der Waals surface area contributed by atoms with Gasteiger partial charge in [-0.05, 0) is 23.3 Å². The predicted molar refractivity (Wildman–Crippen MR) is 78.1 cm³/mol. The Hall–Kier alpha value is -2.40. The number of carbonyl (C=O) groups is 1. The smallest absolute Gasteiger partial charge is 0.300 e. The number of para-hydroxylation sites is 1. The molecule has 21 heavy (non-hydrogen) atoms. The van der Waals surface area contributed by atoms with Crippen molar-refractivity contribution >= 4 is 23.2 Å². The molecule has 1 amide bonds. The fraction of sp³-hybridized carbons (Fsp3) is 0.133. The van der Waals surface area contributed by atoms with E-state index in [2.05, 4.69) is 0 Å². The number of hydrogen-bond donors (Lipinski definition) is 0. The van der Waals surface area contributed by atoms with Gasteiger partial charge in [-0.25, -0.2) is 0 Å². The van der Waals surface area contributed by atoms with Crippen molar-refractivity contribution in [1.29, 1.82) is 0 Å². The number of nitro groups is 1. The van der Waals surface area contributed by atoms with Gasteiger partial charge in [-0.15, -0.1) is 0 Å². The number of fused-ring (bicyclic) bond motifs is 1. The van der Waals surface area contributed by atoms with Crippen LogP contribution in [0.15, 0.2) is 42.5 Å². The van der Waals surface area contributed by atoms with Crippen LogP contribution in [-0.2, 0) is 13.1 Å². The molecule has 0 bridgehead atoms. The van der Waals surface area contributed by atoms with Crippen LogP contribution in [-0.4, -0.2) is 15.7 Å². The average molecular weight is 303 g/mol. The summed E-state index contributed by atoms with van der Waals surface area (Å²) >= 11 is 5.85. The Morgan fingerprint density at radius 2 is 1.71 bits per heavy atom. The molecule has 1 aliphatic rings. The van der Waals surface area contributed by atoms with Gasteiger partial charge in [-0.2, -0.15) is 0 Å². The minimum absolute atomic E-state index is 0.0254. The van der Waals surface area contributed by atoms with Gasteiger partial charge in [0.15, 0.2) is 0 Å². The highest BCUT2D eigenvalue weighted by molar-refractivity contribution is 6.33. The van der Waals surface area contributed by atoms with Gasteiger partial charge in [0.1, 0.15) is 10.6 Å². The van der Waals surface area contributed by atoms with Crippen LogP contribution in [0.1, 0.15) is 21.5 Å². The molecule has 0 spiro atoms. The fourth-order valence-corrected chi connectivity index (χ4v) is 2.76. The van der Waals surface area contributed by atoms with E-state index in [1.807, 2.05) is 24.3 Å². The van der Waals surface area contributed by atoms with Crippen molar-refractivity contribution in [3.8, 4) is 0 Å². The molecule has 0 unspecified atom stereocenters. The van der Waals surface area contributed by atoms with Crippen molar-refractivity contribution < 1.29 is 9.72 Å². The second kappa shape index (κ2) is 5.18. The number of carbonyl (C=O) groups excluding carboxylic acids is 1. The van der Waals surface area contributed by atoms with Crippen molar-refractivity contribution in [1.82, 2.24) is 4.90 Å². The Labute approximate surface area is 125 Å². The lowest BCUT2D eigenvalue weighted by atomic mass is 10.1.